The van der Waals surface area contributed by atoms with Crippen molar-refractivity contribution in [1.82, 2.24) is 10.6 Å². The first-order valence-corrected chi connectivity index (χ1v) is 11.1. The number of carbonyl (C=O) groups is 2. The van der Waals surface area contributed by atoms with E-state index in [2.05, 4.69) is 38.8 Å². The van der Waals surface area contributed by atoms with Crippen LogP contribution in [0, 0.1) is 0 Å². The van der Waals surface area contributed by atoms with Crippen molar-refractivity contribution in [1.29, 1.82) is 0 Å². The molecule has 9 heteroatoms. The number of hydrogen-bond acceptors (Lipinski definition) is 5. The molecule has 0 aromatic heterocycles. The minimum atomic E-state index is -0.390. The highest BCUT2D eigenvalue weighted by Crippen LogP contribution is 2.23. The molecule has 0 aliphatic rings. The fourth-order valence-corrected chi connectivity index (χ4v) is 3.14. The lowest BCUT2D eigenvalue weighted by Crippen LogP contribution is -2.34. The van der Waals surface area contributed by atoms with Crippen molar-refractivity contribution in [3.63, 3.8) is 0 Å². The molecule has 2 rings (SSSR count). The summed E-state index contributed by atoms with van der Waals surface area (Å²) >= 11 is 8.66. The predicted octanol–water partition coefficient (Wildman–Crippen LogP) is 4.13. The Labute approximate surface area is 196 Å². The van der Waals surface area contributed by atoms with E-state index in [-0.39, 0.29) is 11.0 Å². The van der Waals surface area contributed by atoms with Crippen molar-refractivity contribution < 1.29 is 19.1 Å². The van der Waals surface area contributed by atoms with Crippen LogP contribution in [0.5, 0.6) is 5.75 Å². The highest BCUT2D eigenvalue weighted by Gasteiger charge is 2.15. The van der Waals surface area contributed by atoms with E-state index >= 15 is 0 Å². The van der Waals surface area contributed by atoms with Gasteiger partial charge in [-0.1, -0.05) is 35.3 Å². The van der Waals surface area contributed by atoms with Crippen molar-refractivity contribution in [2.24, 2.45) is 0 Å². The average molecular weight is 508 g/mol. The molecule has 0 saturated carbocycles. The zero-order valence-corrected chi connectivity index (χ0v) is 19.9. The number of unbranched alkanes of at least 4 members (excludes halogenated alkanes) is 1. The maximum Gasteiger partial charge on any atom is 0.261 e. The average Bonchev–Trinajstić information content (AvgIpc) is 2.75. The Bertz CT molecular complexity index is 923. The Hall–Kier alpha value is -2.49. The summed E-state index contributed by atoms with van der Waals surface area (Å²) in [5, 5.41) is 8.46. The number of ether oxygens (including phenoxy) is 2. The summed E-state index contributed by atoms with van der Waals surface area (Å²) in [7, 11) is 1.57. The molecular formula is C22H26BrN3O4S. The van der Waals surface area contributed by atoms with Crippen molar-refractivity contribution in [2.75, 3.05) is 32.2 Å². The molecule has 0 saturated heterocycles. The topological polar surface area (TPSA) is 88.7 Å². The molecule has 3 N–H and O–H groups in total. The molecule has 0 spiro atoms. The monoisotopic (exact) mass is 507 g/mol. The summed E-state index contributed by atoms with van der Waals surface area (Å²) < 4.78 is 11.4. The lowest BCUT2D eigenvalue weighted by molar-refractivity contribution is 0.0935. The quantitative estimate of drug-likeness (QED) is 0.331. The Kier molecular flexibility index (Phi) is 10.4. The largest absolute Gasteiger partial charge is 0.493 e. The molecule has 31 heavy (non-hydrogen) atoms. The van der Waals surface area contributed by atoms with E-state index in [1.165, 1.54) is 0 Å². The first-order chi connectivity index (χ1) is 14.9. The molecule has 0 unspecified atom stereocenters. The third kappa shape index (κ3) is 8.28. The fraction of sp³-hybridized carbons (Fsp3) is 0.318. The highest BCUT2D eigenvalue weighted by molar-refractivity contribution is 9.10. The second kappa shape index (κ2) is 13.0. The molecular weight excluding hydrogens is 482 g/mol. The van der Waals surface area contributed by atoms with Crippen LogP contribution in [0.25, 0.3) is 0 Å². The van der Waals surface area contributed by atoms with Gasteiger partial charge in [0.1, 0.15) is 5.75 Å². The third-order valence-electron chi connectivity index (χ3n) is 4.14. The molecule has 2 amide bonds. The molecule has 0 heterocycles. The molecule has 7 nitrogen and oxygen atoms in total. The Morgan fingerprint density at radius 3 is 2.65 bits per heavy atom. The zero-order chi connectivity index (χ0) is 22.6. The molecule has 0 atom stereocenters. The van der Waals surface area contributed by atoms with Gasteiger partial charge < -0.3 is 20.1 Å². The van der Waals surface area contributed by atoms with E-state index in [4.69, 9.17) is 21.7 Å². The second-order valence-corrected chi connectivity index (χ2v) is 7.90. The lowest BCUT2D eigenvalue weighted by atomic mass is 10.2. The predicted molar refractivity (Wildman–Crippen MR) is 129 cm³/mol. The minimum Gasteiger partial charge on any atom is -0.493 e. The normalized spacial score (nSPS) is 10.3. The van der Waals surface area contributed by atoms with E-state index in [0.717, 1.165) is 17.3 Å². The van der Waals surface area contributed by atoms with Crippen molar-refractivity contribution >= 4 is 50.8 Å². The summed E-state index contributed by atoms with van der Waals surface area (Å²) in [5.74, 6) is -0.121. The van der Waals surface area contributed by atoms with E-state index in [9.17, 15) is 9.59 Å². The molecule has 0 fully saturated rings. The maximum absolute atomic E-state index is 12.8. The van der Waals surface area contributed by atoms with Crippen molar-refractivity contribution in [3.05, 3.63) is 58.1 Å². The van der Waals surface area contributed by atoms with Crippen LogP contribution in [0.1, 0.15) is 40.5 Å². The maximum atomic E-state index is 12.8. The van der Waals surface area contributed by atoms with Crippen LogP contribution >= 0.6 is 28.1 Å². The minimum absolute atomic E-state index is 0.112. The van der Waals surface area contributed by atoms with Crippen LogP contribution < -0.4 is 20.7 Å². The van der Waals surface area contributed by atoms with Gasteiger partial charge in [-0.3, -0.25) is 14.9 Å². The van der Waals surface area contributed by atoms with Crippen LogP contribution in [0.15, 0.2) is 46.9 Å². The van der Waals surface area contributed by atoms with Gasteiger partial charge in [-0.15, -0.1) is 0 Å². The van der Waals surface area contributed by atoms with Gasteiger partial charge in [0.05, 0.1) is 18.8 Å². The molecule has 0 aliphatic heterocycles. The highest BCUT2D eigenvalue weighted by atomic mass is 79.9. The molecule has 0 radical (unpaired) electrons. The Morgan fingerprint density at radius 2 is 1.90 bits per heavy atom. The summed E-state index contributed by atoms with van der Waals surface area (Å²) in [6.07, 6.45) is 1.89. The number of carbonyl (C=O) groups excluding carboxylic acids is 2. The fourth-order valence-electron chi connectivity index (χ4n) is 2.57. The number of anilines is 1. The number of amides is 2. The number of rotatable bonds is 10. The van der Waals surface area contributed by atoms with Gasteiger partial charge in [0.15, 0.2) is 5.11 Å². The molecule has 2 aromatic carbocycles. The van der Waals surface area contributed by atoms with Crippen LogP contribution in [-0.4, -0.2) is 43.8 Å². The van der Waals surface area contributed by atoms with Crippen molar-refractivity contribution in [3.8, 4) is 5.75 Å². The number of hydrogen-bond donors (Lipinski definition) is 3. The standard InChI is InChI=1S/C22H26BrN3O4S/c1-3-4-11-30-19-9-8-16(23)14-18(19)21(28)26-22(31)25-17-7-5-6-15(13-17)20(27)24-10-12-29-2/h5-9,13-14H,3-4,10-12H2,1-2H3,(H,24,27)(H2,25,26,28,31). The Balaban J connectivity index is 2.01. The first-order valence-electron chi connectivity index (χ1n) is 9.86. The second-order valence-electron chi connectivity index (χ2n) is 6.58. The van der Waals surface area contributed by atoms with Crippen LogP contribution in [-0.2, 0) is 4.74 Å². The number of halogens is 1. The van der Waals surface area contributed by atoms with Gasteiger partial charge in [-0.2, -0.15) is 0 Å². The lowest BCUT2D eigenvalue weighted by Gasteiger charge is -2.14. The van der Waals surface area contributed by atoms with Gasteiger partial charge >= 0.3 is 0 Å². The van der Waals surface area contributed by atoms with Gasteiger partial charge in [-0.25, -0.2) is 0 Å². The van der Waals surface area contributed by atoms with Crippen molar-refractivity contribution in [2.45, 2.75) is 19.8 Å². The van der Waals surface area contributed by atoms with E-state index in [1.54, 1.807) is 43.5 Å². The number of benzene rings is 2. The van der Waals surface area contributed by atoms with Gasteiger partial charge in [0.25, 0.3) is 11.8 Å². The van der Waals surface area contributed by atoms with Crippen LogP contribution in [0.3, 0.4) is 0 Å². The summed E-state index contributed by atoms with van der Waals surface area (Å²) in [4.78, 5) is 24.9. The first kappa shape index (κ1) is 24.8. The van der Waals surface area contributed by atoms with Gasteiger partial charge in [0, 0.05) is 29.4 Å². The van der Waals surface area contributed by atoms with Crippen LogP contribution in [0.4, 0.5) is 5.69 Å². The molecule has 0 aliphatic carbocycles. The number of nitrogens with one attached hydrogen (secondary N) is 3. The number of methoxy groups -OCH3 is 1. The summed E-state index contributed by atoms with van der Waals surface area (Å²) in [6.45, 7) is 3.44. The summed E-state index contributed by atoms with van der Waals surface area (Å²) in [6, 6.07) is 12.1. The number of thiocarbonyl (C=S) groups is 1. The Morgan fingerprint density at radius 1 is 1.10 bits per heavy atom. The van der Waals surface area contributed by atoms with E-state index < -0.39 is 5.91 Å². The van der Waals surface area contributed by atoms with Gasteiger partial charge in [-0.05, 0) is 55.0 Å². The smallest absolute Gasteiger partial charge is 0.261 e. The molecule has 166 valence electrons. The third-order valence-corrected chi connectivity index (χ3v) is 4.84. The van der Waals surface area contributed by atoms with E-state index in [1.807, 2.05) is 6.07 Å². The summed E-state index contributed by atoms with van der Waals surface area (Å²) in [5.41, 5.74) is 1.42. The SMILES string of the molecule is CCCCOc1ccc(Br)cc1C(=O)NC(=S)Nc1cccc(C(=O)NCCOC)c1. The van der Waals surface area contributed by atoms with Crippen LogP contribution in [0.2, 0.25) is 0 Å². The molecule has 0 bridgehead atoms. The zero-order valence-electron chi connectivity index (χ0n) is 17.5. The van der Waals surface area contributed by atoms with E-state index in [0.29, 0.717) is 42.3 Å². The van der Waals surface area contributed by atoms with Gasteiger partial charge in [0.2, 0.25) is 0 Å². The molecule has 2 aromatic rings.